The lowest BCUT2D eigenvalue weighted by Gasteiger charge is -2.32. The second-order valence-electron chi connectivity index (χ2n) is 5.57. The van der Waals surface area contributed by atoms with Crippen molar-refractivity contribution in [2.45, 2.75) is 6.18 Å². The molecule has 1 aliphatic heterocycles. The van der Waals surface area contributed by atoms with Crippen molar-refractivity contribution in [1.29, 1.82) is 0 Å². The lowest BCUT2D eigenvalue weighted by molar-refractivity contribution is -0.137. The Morgan fingerprint density at radius 2 is 1.72 bits per heavy atom. The van der Waals surface area contributed by atoms with Crippen LogP contribution in [-0.4, -0.2) is 47.5 Å². The van der Waals surface area contributed by atoms with Crippen LogP contribution in [0.2, 0.25) is 0 Å². The average Bonchev–Trinajstić information content (AvgIpc) is 2.62. The van der Waals surface area contributed by atoms with Crippen molar-refractivity contribution in [2.24, 2.45) is 0 Å². The summed E-state index contributed by atoms with van der Waals surface area (Å²) in [6.07, 6.45) is -1.95. The van der Waals surface area contributed by atoms with Crippen molar-refractivity contribution in [3.63, 3.8) is 0 Å². The number of hydrogen-bond acceptors (Lipinski definition) is 5. The van der Waals surface area contributed by atoms with Crippen LogP contribution < -0.4 is 10.2 Å². The fourth-order valence-corrected chi connectivity index (χ4v) is 2.49. The van der Waals surface area contributed by atoms with Gasteiger partial charge in [-0.05, 0) is 30.3 Å². The third-order valence-electron chi connectivity index (χ3n) is 3.87. The highest BCUT2D eigenvalue weighted by atomic mass is 19.4. The van der Waals surface area contributed by atoms with E-state index in [9.17, 15) is 18.0 Å². The number of anilines is 3. The SMILES string of the molecule is O=CN1CCN(c2nccc(Nc3ccc(C(F)(F)F)cc3)n2)CC1. The van der Waals surface area contributed by atoms with E-state index in [0.29, 0.717) is 43.6 Å². The van der Waals surface area contributed by atoms with Crippen LogP contribution in [-0.2, 0) is 11.0 Å². The molecule has 3 rings (SSSR count). The highest BCUT2D eigenvalue weighted by Gasteiger charge is 2.29. The minimum absolute atomic E-state index is 0.488. The fraction of sp³-hybridized carbons (Fsp3) is 0.312. The molecule has 0 radical (unpaired) electrons. The summed E-state index contributed by atoms with van der Waals surface area (Å²) in [5, 5.41) is 2.97. The van der Waals surface area contributed by atoms with Gasteiger partial charge in [-0.1, -0.05) is 0 Å². The highest BCUT2D eigenvalue weighted by molar-refractivity contribution is 5.57. The van der Waals surface area contributed by atoms with Crippen molar-refractivity contribution in [3.05, 3.63) is 42.1 Å². The van der Waals surface area contributed by atoms with E-state index in [0.717, 1.165) is 18.5 Å². The quantitative estimate of drug-likeness (QED) is 0.858. The number of amides is 1. The van der Waals surface area contributed by atoms with Gasteiger partial charge in [-0.2, -0.15) is 18.2 Å². The van der Waals surface area contributed by atoms with Crippen LogP contribution in [0.1, 0.15) is 5.56 Å². The summed E-state index contributed by atoms with van der Waals surface area (Å²) in [6.45, 7) is 2.46. The smallest absolute Gasteiger partial charge is 0.342 e. The van der Waals surface area contributed by atoms with Crippen molar-refractivity contribution in [3.8, 4) is 0 Å². The molecule has 0 spiro atoms. The van der Waals surface area contributed by atoms with Crippen molar-refractivity contribution >= 4 is 23.9 Å². The Labute approximate surface area is 142 Å². The zero-order chi connectivity index (χ0) is 17.9. The Bertz CT molecular complexity index is 727. The molecule has 9 heteroatoms. The molecule has 0 aliphatic carbocycles. The molecular weight excluding hydrogens is 335 g/mol. The maximum absolute atomic E-state index is 12.6. The Kier molecular flexibility index (Phi) is 4.73. The summed E-state index contributed by atoms with van der Waals surface area (Å²) in [4.78, 5) is 23.0. The van der Waals surface area contributed by atoms with Crippen LogP contribution in [0, 0.1) is 0 Å². The van der Waals surface area contributed by atoms with Crippen LogP contribution in [0.4, 0.5) is 30.6 Å². The molecular formula is C16H16F3N5O. The predicted molar refractivity (Wildman–Crippen MR) is 86.6 cm³/mol. The van der Waals surface area contributed by atoms with Gasteiger partial charge in [-0.15, -0.1) is 0 Å². The first-order chi connectivity index (χ1) is 12.0. The molecule has 25 heavy (non-hydrogen) atoms. The molecule has 1 fully saturated rings. The maximum Gasteiger partial charge on any atom is 0.416 e. The molecule has 0 bridgehead atoms. The maximum atomic E-state index is 12.6. The molecule has 0 atom stereocenters. The van der Waals surface area contributed by atoms with Crippen LogP contribution >= 0.6 is 0 Å². The minimum Gasteiger partial charge on any atom is -0.342 e. The van der Waals surface area contributed by atoms with Gasteiger partial charge in [0.05, 0.1) is 5.56 Å². The van der Waals surface area contributed by atoms with E-state index in [-0.39, 0.29) is 0 Å². The first-order valence-corrected chi connectivity index (χ1v) is 7.67. The minimum atomic E-state index is -4.36. The van der Waals surface area contributed by atoms with Crippen LogP contribution in [0.3, 0.4) is 0 Å². The van der Waals surface area contributed by atoms with Crippen LogP contribution in [0.15, 0.2) is 36.5 Å². The van der Waals surface area contributed by atoms with Gasteiger partial charge in [-0.3, -0.25) is 4.79 Å². The Morgan fingerprint density at radius 3 is 2.32 bits per heavy atom. The summed E-state index contributed by atoms with van der Waals surface area (Å²) in [6, 6.07) is 6.38. The summed E-state index contributed by atoms with van der Waals surface area (Å²) >= 11 is 0. The zero-order valence-electron chi connectivity index (χ0n) is 13.2. The molecule has 1 saturated heterocycles. The first-order valence-electron chi connectivity index (χ1n) is 7.67. The number of benzene rings is 1. The number of hydrogen-bond donors (Lipinski definition) is 1. The molecule has 2 heterocycles. The molecule has 1 aromatic carbocycles. The normalized spacial score (nSPS) is 15.2. The summed E-state index contributed by atoms with van der Waals surface area (Å²) < 4.78 is 37.8. The lowest BCUT2D eigenvalue weighted by atomic mass is 10.2. The molecule has 2 aromatic rings. The number of piperazine rings is 1. The molecule has 1 aromatic heterocycles. The monoisotopic (exact) mass is 351 g/mol. The highest BCUT2D eigenvalue weighted by Crippen LogP contribution is 2.30. The van der Waals surface area contributed by atoms with Crippen molar-refractivity contribution in [1.82, 2.24) is 14.9 Å². The van der Waals surface area contributed by atoms with Gasteiger partial charge in [0.1, 0.15) is 5.82 Å². The molecule has 1 N–H and O–H groups in total. The van der Waals surface area contributed by atoms with E-state index < -0.39 is 11.7 Å². The van der Waals surface area contributed by atoms with Gasteiger partial charge >= 0.3 is 6.18 Å². The average molecular weight is 351 g/mol. The van der Waals surface area contributed by atoms with Gasteiger partial charge in [0.25, 0.3) is 0 Å². The number of rotatable bonds is 4. The Morgan fingerprint density at radius 1 is 1.04 bits per heavy atom. The van der Waals surface area contributed by atoms with E-state index in [1.54, 1.807) is 17.2 Å². The van der Waals surface area contributed by atoms with E-state index in [1.165, 1.54) is 12.1 Å². The largest absolute Gasteiger partial charge is 0.416 e. The Hall–Kier alpha value is -2.84. The standard InChI is InChI=1S/C16H16F3N5O/c17-16(18,19)12-1-3-13(4-2-12)21-14-5-6-20-15(22-14)24-9-7-23(11-25)8-10-24/h1-6,11H,7-10H2,(H,20,21,22). The van der Waals surface area contributed by atoms with Gasteiger partial charge < -0.3 is 15.1 Å². The first kappa shape index (κ1) is 17.0. The van der Waals surface area contributed by atoms with E-state index in [2.05, 4.69) is 15.3 Å². The number of carbonyl (C=O) groups excluding carboxylic acids is 1. The number of nitrogens with zero attached hydrogens (tertiary/aromatic N) is 4. The van der Waals surface area contributed by atoms with Gasteiger partial charge in [-0.25, -0.2) is 4.98 Å². The summed E-state index contributed by atoms with van der Waals surface area (Å²) in [7, 11) is 0. The van der Waals surface area contributed by atoms with Crippen LogP contribution in [0.5, 0.6) is 0 Å². The topological polar surface area (TPSA) is 61.4 Å². The molecule has 6 nitrogen and oxygen atoms in total. The van der Waals surface area contributed by atoms with Gasteiger partial charge in [0, 0.05) is 38.1 Å². The van der Waals surface area contributed by atoms with Gasteiger partial charge in [0.15, 0.2) is 0 Å². The predicted octanol–water partition coefficient (Wildman–Crippen LogP) is 2.52. The second-order valence-corrected chi connectivity index (χ2v) is 5.57. The molecule has 1 aliphatic rings. The fourth-order valence-electron chi connectivity index (χ4n) is 2.49. The van der Waals surface area contributed by atoms with E-state index >= 15 is 0 Å². The number of halogens is 3. The van der Waals surface area contributed by atoms with Crippen LogP contribution in [0.25, 0.3) is 0 Å². The molecule has 0 unspecified atom stereocenters. The van der Waals surface area contributed by atoms with E-state index in [4.69, 9.17) is 0 Å². The molecule has 132 valence electrons. The molecule has 0 saturated carbocycles. The third-order valence-corrected chi connectivity index (χ3v) is 3.87. The lowest BCUT2D eigenvalue weighted by Crippen LogP contribution is -2.46. The number of carbonyl (C=O) groups is 1. The van der Waals surface area contributed by atoms with Gasteiger partial charge in [0.2, 0.25) is 12.4 Å². The number of nitrogens with one attached hydrogen (secondary N) is 1. The second kappa shape index (κ2) is 6.96. The van der Waals surface area contributed by atoms with E-state index in [1.807, 2.05) is 4.90 Å². The molecule has 1 amide bonds. The van der Waals surface area contributed by atoms with Crippen molar-refractivity contribution < 1.29 is 18.0 Å². The number of alkyl halides is 3. The number of aromatic nitrogens is 2. The summed E-state index contributed by atoms with van der Waals surface area (Å²) in [5.41, 5.74) is -0.196. The third kappa shape index (κ3) is 4.17. The zero-order valence-corrected chi connectivity index (χ0v) is 13.2. The summed E-state index contributed by atoms with van der Waals surface area (Å²) in [5.74, 6) is 1.00. The Balaban J connectivity index is 1.69. The van der Waals surface area contributed by atoms with Crippen molar-refractivity contribution in [2.75, 3.05) is 36.4 Å².